The Morgan fingerprint density at radius 2 is 2.28 bits per heavy atom. The lowest BCUT2D eigenvalue weighted by Gasteiger charge is -2.31. The molecule has 1 saturated heterocycles. The number of aromatic nitrogens is 2. The summed E-state index contributed by atoms with van der Waals surface area (Å²) < 4.78 is 0.782. The average molecular weight is 377 g/mol. The Bertz CT molecular complexity index is 515. The van der Waals surface area contributed by atoms with Crippen LogP contribution in [-0.2, 0) is 0 Å². The first-order chi connectivity index (χ1) is 8.66. The van der Waals surface area contributed by atoms with Crippen molar-refractivity contribution >= 4 is 34.4 Å². The van der Waals surface area contributed by atoms with Gasteiger partial charge in [-0.2, -0.15) is 11.8 Å². The third-order valence-corrected chi connectivity index (χ3v) is 5.65. The summed E-state index contributed by atoms with van der Waals surface area (Å²) in [5.41, 5.74) is 1.06. The van der Waals surface area contributed by atoms with E-state index in [1.807, 2.05) is 11.8 Å². The number of hydrogen-bond acceptors (Lipinski definition) is 4. The Labute approximate surface area is 124 Å². The molecule has 0 spiro atoms. The van der Waals surface area contributed by atoms with E-state index in [4.69, 9.17) is 4.98 Å². The van der Waals surface area contributed by atoms with Crippen molar-refractivity contribution in [2.24, 2.45) is 0 Å². The molecular formula is C12H16IN3OS. The zero-order valence-corrected chi connectivity index (χ0v) is 13.3. The number of aromatic amines is 1. The highest BCUT2D eigenvalue weighted by molar-refractivity contribution is 14.1. The predicted molar refractivity (Wildman–Crippen MR) is 82.2 cm³/mol. The average Bonchev–Trinajstić information content (AvgIpc) is 3.17. The van der Waals surface area contributed by atoms with Crippen LogP contribution in [0.4, 0.5) is 0 Å². The van der Waals surface area contributed by atoms with Crippen LogP contribution in [0.2, 0.25) is 0 Å². The van der Waals surface area contributed by atoms with Gasteiger partial charge in [0.25, 0.3) is 5.56 Å². The SMILES string of the molecule is CN1CCSCC1c1nc(C2CC2)c(I)c(=O)[nH]1. The van der Waals surface area contributed by atoms with E-state index in [9.17, 15) is 4.79 Å². The van der Waals surface area contributed by atoms with Crippen LogP contribution >= 0.6 is 34.4 Å². The van der Waals surface area contributed by atoms with Crippen molar-refractivity contribution in [2.75, 3.05) is 25.1 Å². The van der Waals surface area contributed by atoms with Crippen molar-refractivity contribution in [1.82, 2.24) is 14.9 Å². The van der Waals surface area contributed by atoms with Gasteiger partial charge < -0.3 is 4.98 Å². The van der Waals surface area contributed by atoms with Gasteiger partial charge in [0.2, 0.25) is 0 Å². The molecule has 4 nitrogen and oxygen atoms in total. The largest absolute Gasteiger partial charge is 0.308 e. The lowest BCUT2D eigenvalue weighted by Crippen LogP contribution is -2.35. The van der Waals surface area contributed by atoms with E-state index in [1.54, 1.807) is 0 Å². The zero-order valence-electron chi connectivity index (χ0n) is 10.3. The second kappa shape index (κ2) is 5.13. The molecule has 1 atom stereocenters. The number of nitrogens with zero attached hydrogens (tertiary/aromatic N) is 2. The van der Waals surface area contributed by atoms with Gasteiger partial charge in [0.05, 0.1) is 15.3 Å². The van der Waals surface area contributed by atoms with Gasteiger partial charge in [-0.05, 0) is 42.5 Å². The highest BCUT2D eigenvalue weighted by Gasteiger charge is 2.31. The highest BCUT2D eigenvalue weighted by Crippen LogP contribution is 2.40. The molecule has 1 N–H and O–H groups in total. The summed E-state index contributed by atoms with van der Waals surface area (Å²) in [6.07, 6.45) is 2.36. The molecule has 1 aromatic rings. The van der Waals surface area contributed by atoms with Gasteiger partial charge in [0.15, 0.2) is 0 Å². The van der Waals surface area contributed by atoms with Gasteiger partial charge in [-0.25, -0.2) is 4.98 Å². The fraction of sp³-hybridized carbons (Fsp3) is 0.667. The smallest absolute Gasteiger partial charge is 0.264 e. The molecule has 6 heteroatoms. The van der Waals surface area contributed by atoms with Crippen molar-refractivity contribution < 1.29 is 0 Å². The first kappa shape index (κ1) is 12.9. The maximum Gasteiger partial charge on any atom is 0.264 e. The highest BCUT2D eigenvalue weighted by atomic mass is 127. The standard InChI is InChI=1S/C12H16IN3OS/c1-16-4-5-18-6-8(16)11-14-10(7-2-3-7)9(13)12(17)15-11/h7-8H,2-6H2,1H3,(H,14,15,17). The summed E-state index contributed by atoms with van der Waals surface area (Å²) in [6.45, 7) is 1.06. The number of thioether (sulfide) groups is 1. The van der Waals surface area contributed by atoms with E-state index in [0.717, 1.165) is 33.1 Å². The fourth-order valence-electron chi connectivity index (χ4n) is 2.25. The van der Waals surface area contributed by atoms with E-state index >= 15 is 0 Å². The summed E-state index contributed by atoms with van der Waals surface area (Å²) >= 11 is 4.06. The van der Waals surface area contributed by atoms with Crippen LogP contribution < -0.4 is 5.56 Å². The summed E-state index contributed by atoms with van der Waals surface area (Å²) in [6, 6.07) is 0.256. The molecule has 18 heavy (non-hydrogen) atoms. The van der Waals surface area contributed by atoms with Crippen molar-refractivity contribution in [1.29, 1.82) is 0 Å². The number of rotatable bonds is 2. The molecule has 98 valence electrons. The molecule has 0 bridgehead atoms. The number of nitrogens with one attached hydrogen (secondary N) is 1. The van der Waals surface area contributed by atoms with Gasteiger partial charge in [-0.3, -0.25) is 9.69 Å². The van der Waals surface area contributed by atoms with Crippen LogP contribution in [-0.4, -0.2) is 40.0 Å². The Hall–Kier alpha value is -0.0800. The van der Waals surface area contributed by atoms with Crippen LogP contribution in [0.25, 0.3) is 0 Å². The lowest BCUT2D eigenvalue weighted by molar-refractivity contribution is 0.263. The van der Waals surface area contributed by atoms with Gasteiger partial charge >= 0.3 is 0 Å². The van der Waals surface area contributed by atoms with E-state index in [0.29, 0.717) is 5.92 Å². The third kappa shape index (κ3) is 2.46. The van der Waals surface area contributed by atoms with E-state index < -0.39 is 0 Å². The Kier molecular flexibility index (Phi) is 3.68. The van der Waals surface area contributed by atoms with E-state index in [1.165, 1.54) is 12.8 Å². The van der Waals surface area contributed by atoms with Crippen molar-refractivity contribution in [2.45, 2.75) is 24.8 Å². The van der Waals surface area contributed by atoms with E-state index in [2.05, 4.69) is 39.5 Å². The van der Waals surface area contributed by atoms with Gasteiger partial charge in [0, 0.05) is 24.0 Å². The summed E-state index contributed by atoms with van der Waals surface area (Å²) in [7, 11) is 2.11. The second-order valence-corrected chi connectivity index (χ2v) is 7.22. The zero-order chi connectivity index (χ0) is 12.7. The maximum atomic E-state index is 12.0. The van der Waals surface area contributed by atoms with Crippen LogP contribution in [0.1, 0.15) is 36.3 Å². The lowest BCUT2D eigenvalue weighted by atomic mass is 10.2. The molecular weight excluding hydrogens is 361 g/mol. The monoisotopic (exact) mass is 377 g/mol. The van der Waals surface area contributed by atoms with Crippen molar-refractivity contribution in [3.63, 3.8) is 0 Å². The van der Waals surface area contributed by atoms with Gasteiger partial charge in [-0.15, -0.1) is 0 Å². The molecule has 3 rings (SSSR count). The number of halogens is 1. The molecule has 2 fully saturated rings. The Morgan fingerprint density at radius 1 is 1.50 bits per heavy atom. The fourth-order valence-corrected chi connectivity index (χ4v) is 4.17. The number of hydrogen-bond donors (Lipinski definition) is 1. The van der Waals surface area contributed by atoms with Crippen LogP contribution in [0.5, 0.6) is 0 Å². The normalized spacial score (nSPS) is 25.3. The van der Waals surface area contributed by atoms with E-state index in [-0.39, 0.29) is 11.6 Å². The Balaban J connectivity index is 1.98. The molecule has 2 heterocycles. The minimum Gasteiger partial charge on any atom is -0.308 e. The summed E-state index contributed by atoms with van der Waals surface area (Å²) in [5, 5.41) is 0. The number of H-pyrrole nitrogens is 1. The van der Waals surface area contributed by atoms with Crippen molar-refractivity contribution in [3.8, 4) is 0 Å². The Morgan fingerprint density at radius 3 is 2.94 bits per heavy atom. The molecule has 1 unspecified atom stereocenters. The quantitative estimate of drug-likeness (QED) is 0.801. The molecule has 1 saturated carbocycles. The van der Waals surface area contributed by atoms with Crippen LogP contribution in [0, 0.1) is 3.57 Å². The predicted octanol–water partition coefficient (Wildman–Crippen LogP) is 1.97. The third-order valence-electron chi connectivity index (χ3n) is 3.58. The summed E-state index contributed by atoms with van der Waals surface area (Å²) in [4.78, 5) is 22.0. The molecule has 1 aliphatic heterocycles. The summed E-state index contributed by atoms with van der Waals surface area (Å²) in [5.74, 6) is 3.57. The van der Waals surface area contributed by atoms with Crippen LogP contribution in [0.3, 0.4) is 0 Å². The molecule has 0 amide bonds. The van der Waals surface area contributed by atoms with Gasteiger partial charge in [-0.1, -0.05) is 0 Å². The second-order valence-electron chi connectivity index (χ2n) is 5.00. The molecule has 1 aromatic heterocycles. The topological polar surface area (TPSA) is 49.0 Å². The molecule has 0 radical (unpaired) electrons. The molecule has 1 aliphatic carbocycles. The van der Waals surface area contributed by atoms with Crippen LogP contribution in [0.15, 0.2) is 4.79 Å². The molecule has 0 aromatic carbocycles. The van der Waals surface area contributed by atoms with Crippen molar-refractivity contribution in [3.05, 3.63) is 25.4 Å². The minimum atomic E-state index is 0.0338. The van der Waals surface area contributed by atoms with Gasteiger partial charge in [0.1, 0.15) is 5.82 Å². The maximum absolute atomic E-state index is 12.0. The first-order valence-electron chi connectivity index (χ1n) is 6.24. The minimum absolute atomic E-state index is 0.0338. The molecule has 2 aliphatic rings. The first-order valence-corrected chi connectivity index (χ1v) is 8.47.